The molecule has 0 bridgehead atoms. The van der Waals surface area contributed by atoms with E-state index >= 15 is 0 Å². The molecule has 0 aromatic heterocycles. The van der Waals surface area contributed by atoms with Gasteiger partial charge in [-0.25, -0.2) is 0 Å². The number of hydrogen-bond donors (Lipinski definition) is 1. The first-order valence-corrected chi connectivity index (χ1v) is 9.24. The number of rotatable bonds is 7. The van der Waals surface area contributed by atoms with Gasteiger partial charge in [0, 0.05) is 6.54 Å². The molecular formula is C14H28F3NO3S. The second-order valence-corrected chi connectivity index (χ2v) is 7.31. The summed E-state index contributed by atoms with van der Waals surface area (Å²) in [5.41, 5.74) is -5.53. The molecule has 0 aromatic rings. The van der Waals surface area contributed by atoms with Gasteiger partial charge in [0.1, 0.15) is 0 Å². The lowest BCUT2D eigenvalue weighted by molar-refractivity contribution is -0.0510. The molecule has 0 aliphatic carbocycles. The average Bonchev–Trinajstić information content (AvgIpc) is 2.78. The number of likely N-dealkylation sites (tertiary alicyclic amines) is 1. The largest absolute Gasteiger partial charge is 0.522 e. The monoisotopic (exact) mass is 347 g/mol. The van der Waals surface area contributed by atoms with E-state index in [0.29, 0.717) is 0 Å². The van der Waals surface area contributed by atoms with Crippen LogP contribution in [0.15, 0.2) is 0 Å². The molecule has 1 saturated heterocycles. The van der Waals surface area contributed by atoms with Crippen LogP contribution < -0.4 is 0 Å². The van der Waals surface area contributed by atoms with Crippen molar-refractivity contribution >= 4 is 10.1 Å². The number of alkyl halides is 3. The molecule has 4 nitrogen and oxygen atoms in total. The minimum Gasteiger partial charge on any atom is -0.306 e. The molecule has 8 heteroatoms. The van der Waals surface area contributed by atoms with E-state index in [2.05, 4.69) is 18.9 Å². The van der Waals surface area contributed by atoms with Crippen molar-refractivity contribution in [3.63, 3.8) is 0 Å². The maximum Gasteiger partial charge on any atom is 0.522 e. The van der Waals surface area contributed by atoms with Crippen molar-refractivity contribution in [1.29, 1.82) is 0 Å². The zero-order valence-electron chi connectivity index (χ0n) is 13.4. The van der Waals surface area contributed by atoms with Crippen LogP contribution in [0.5, 0.6) is 0 Å². The van der Waals surface area contributed by atoms with Crippen LogP contribution in [-0.2, 0) is 10.1 Å². The molecule has 1 heterocycles. The van der Waals surface area contributed by atoms with Gasteiger partial charge in [-0.05, 0) is 32.4 Å². The van der Waals surface area contributed by atoms with E-state index in [0.717, 1.165) is 5.92 Å². The van der Waals surface area contributed by atoms with Gasteiger partial charge in [0.05, 0.1) is 0 Å². The van der Waals surface area contributed by atoms with Gasteiger partial charge in [-0.2, -0.15) is 21.6 Å². The standard InChI is InChI=1S/C13H27N.CHF3O3S/c1-3-4-5-6-7-8-9-13-10-11-14(2)12-13;2-1(3,4)8(5,6)7/h13H,3-12H2,1-2H3;(H,5,6,7). The zero-order valence-corrected chi connectivity index (χ0v) is 14.2. The van der Waals surface area contributed by atoms with Crippen molar-refractivity contribution in [1.82, 2.24) is 4.90 Å². The van der Waals surface area contributed by atoms with E-state index < -0.39 is 15.6 Å². The molecule has 22 heavy (non-hydrogen) atoms. The van der Waals surface area contributed by atoms with Crippen LogP contribution in [0.25, 0.3) is 0 Å². The highest BCUT2D eigenvalue weighted by Gasteiger charge is 2.44. The van der Waals surface area contributed by atoms with Crippen molar-refractivity contribution in [3.8, 4) is 0 Å². The van der Waals surface area contributed by atoms with Crippen molar-refractivity contribution in [2.45, 2.75) is 63.8 Å². The van der Waals surface area contributed by atoms with E-state index in [-0.39, 0.29) is 0 Å². The van der Waals surface area contributed by atoms with Crippen LogP contribution in [0.1, 0.15) is 58.3 Å². The number of hydrogen-bond acceptors (Lipinski definition) is 3. The summed E-state index contributed by atoms with van der Waals surface area (Å²) >= 11 is 0. The molecular weight excluding hydrogens is 319 g/mol. The summed E-state index contributed by atoms with van der Waals surface area (Å²) < 4.78 is 57.5. The van der Waals surface area contributed by atoms with E-state index in [9.17, 15) is 13.2 Å². The normalized spacial score (nSPS) is 19.8. The summed E-state index contributed by atoms with van der Waals surface area (Å²) in [7, 11) is -3.59. The fourth-order valence-electron chi connectivity index (χ4n) is 2.48. The lowest BCUT2D eigenvalue weighted by atomic mass is 10.00. The van der Waals surface area contributed by atoms with E-state index in [1.54, 1.807) is 0 Å². The van der Waals surface area contributed by atoms with E-state index in [4.69, 9.17) is 13.0 Å². The first-order chi connectivity index (χ1) is 10.1. The smallest absolute Gasteiger partial charge is 0.306 e. The van der Waals surface area contributed by atoms with Gasteiger partial charge in [0.25, 0.3) is 0 Å². The first kappa shape index (κ1) is 21.7. The Morgan fingerprint density at radius 3 is 2.05 bits per heavy atom. The summed E-state index contributed by atoms with van der Waals surface area (Å²) in [5.74, 6) is 1.02. The topological polar surface area (TPSA) is 57.6 Å². The van der Waals surface area contributed by atoms with E-state index in [1.807, 2.05) is 0 Å². The predicted molar refractivity (Wildman–Crippen MR) is 81.2 cm³/mol. The van der Waals surface area contributed by atoms with Gasteiger partial charge >= 0.3 is 15.6 Å². The van der Waals surface area contributed by atoms with Crippen LogP contribution in [-0.4, -0.2) is 43.5 Å². The number of nitrogens with zero attached hydrogens (tertiary/aromatic N) is 1. The Labute approximate surface area is 131 Å². The quantitative estimate of drug-likeness (QED) is 0.428. The summed E-state index contributed by atoms with van der Waals surface area (Å²) in [6.07, 6.45) is 11.6. The van der Waals surface area contributed by atoms with Crippen LogP contribution in [0.3, 0.4) is 0 Å². The summed E-state index contributed by atoms with van der Waals surface area (Å²) in [6, 6.07) is 0. The third-order valence-corrected chi connectivity index (χ3v) is 4.33. The van der Waals surface area contributed by atoms with Gasteiger partial charge in [-0.1, -0.05) is 45.4 Å². The Bertz CT molecular complexity index is 385. The molecule has 0 spiro atoms. The molecule has 1 aliphatic heterocycles. The average molecular weight is 347 g/mol. The Kier molecular flexibility index (Phi) is 10.3. The van der Waals surface area contributed by atoms with Crippen molar-refractivity contribution in [2.24, 2.45) is 5.92 Å². The zero-order chi connectivity index (χ0) is 17.2. The fourth-order valence-corrected chi connectivity index (χ4v) is 2.48. The summed E-state index contributed by atoms with van der Waals surface area (Å²) in [6.45, 7) is 4.98. The molecule has 1 fully saturated rings. The second kappa shape index (κ2) is 10.4. The molecule has 1 atom stereocenters. The molecule has 1 unspecified atom stereocenters. The first-order valence-electron chi connectivity index (χ1n) is 7.80. The Morgan fingerprint density at radius 2 is 1.64 bits per heavy atom. The Balaban J connectivity index is 0.000000472. The molecule has 1 aliphatic rings. The molecule has 1 N–H and O–H groups in total. The molecule has 0 amide bonds. The number of halogens is 3. The number of unbranched alkanes of at least 4 members (excludes halogenated alkanes) is 5. The lowest BCUT2D eigenvalue weighted by Crippen LogP contribution is -2.21. The second-order valence-electron chi connectivity index (χ2n) is 5.89. The fraction of sp³-hybridized carbons (Fsp3) is 1.00. The van der Waals surface area contributed by atoms with Crippen molar-refractivity contribution < 1.29 is 26.1 Å². The van der Waals surface area contributed by atoms with E-state index in [1.165, 1.54) is 64.5 Å². The van der Waals surface area contributed by atoms with Crippen LogP contribution in [0.2, 0.25) is 0 Å². The van der Waals surface area contributed by atoms with Crippen molar-refractivity contribution in [3.05, 3.63) is 0 Å². The minimum atomic E-state index is -5.84. The third kappa shape index (κ3) is 10.4. The van der Waals surface area contributed by atoms with Gasteiger partial charge in [0.15, 0.2) is 0 Å². The maximum absolute atomic E-state index is 10.7. The van der Waals surface area contributed by atoms with Crippen LogP contribution >= 0.6 is 0 Å². The summed E-state index contributed by atoms with van der Waals surface area (Å²) in [5, 5.41) is 0. The molecule has 134 valence electrons. The highest BCUT2D eigenvalue weighted by atomic mass is 32.2. The molecule has 1 rings (SSSR count). The SMILES string of the molecule is CCCCCCCCC1CCN(C)C1.O=S(=O)(O)C(F)(F)F. The maximum atomic E-state index is 10.7. The van der Waals surface area contributed by atoms with Crippen LogP contribution in [0.4, 0.5) is 13.2 Å². The Morgan fingerprint density at radius 1 is 1.14 bits per heavy atom. The van der Waals surface area contributed by atoms with Gasteiger partial charge < -0.3 is 4.90 Å². The Hall–Kier alpha value is -0.340. The molecule has 0 radical (unpaired) electrons. The van der Waals surface area contributed by atoms with Gasteiger partial charge in [0.2, 0.25) is 0 Å². The minimum absolute atomic E-state index is 1.02. The lowest BCUT2D eigenvalue weighted by Gasteiger charge is -2.09. The molecule has 0 aromatic carbocycles. The highest BCUT2D eigenvalue weighted by Crippen LogP contribution is 2.21. The highest BCUT2D eigenvalue weighted by molar-refractivity contribution is 7.86. The van der Waals surface area contributed by atoms with Crippen molar-refractivity contribution in [2.75, 3.05) is 20.1 Å². The third-order valence-electron chi connectivity index (χ3n) is 3.75. The molecule has 0 saturated carbocycles. The van der Waals surface area contributed by atoms with Gasteiger partial charge in [-0.15, -0.1) is 0 Å². The van der Waals surface area contributed by atoms with Gasteiger partial charge in [-0.3, -0.25) is 4.55 Å². The predicted octanol–water partition coefficient (Wildman–Crippen LogP) is 4.08. The van der Waals surface area contributed by atoms with Crippen LogP contribution in [0, 0.1) is 5.92 Å². The summed E-state index contributed by atoms with van der Waals surface area (Å²) in [4.78, 5) is 2.47.